The highest BCUT2D eigenvalue weighted by Gasteiger charge is 2.21. The molecule has 0 amide bonds. The second-order valence-corrected chi connectivity index (χ2v) is 7.01. The number of nitrogens with zero attached hydrogens (tertiary/aromatic N) is 1. The molecule has 0 fully saturated rings. The molecule has 0 aliphatic rings. The van der Waals surface area contributed by atoms with Crippen LogP contribution in [0.15, 0.2) is 52.3 Å². The van der Waals surface area contributed by atoms with Crippen molar-refractivity contribution in [2.24, 2.45) is 0 Å². The first-order valence-electron chi connectivity index (χ1n) is 5.92. The van der Waals surface area contributed by atoms with Gasteiger partial charge in [0.15, 0.2) is 0 Å². The van der Waals surface area contributed by atoms with Gasteiger partial charge in [-0.3, -0.25) is 0 Å². The first-order valence-corrected chi connectivity index (χ1v) is 8.16. The molecule has 0 saturated carbocycles. The van der Waals surface area contributed by atoms with Gasteiger partial charge in [-0.15, -0.1) is 0 Å². The number of hydrogen-bond acceptors (Lipinski definition) is 3. The molecule has 3 nitrogen and oxygen atoms in total. The van der Waals surface area contributed by atoms with Gasteiger partial charge in [-0.05, 0) is 48.0 Å². The van der Waals surface area contributed by atoms with Crippen LogP contribution in [0, 0.1) is 17.1 Å². The summed E-state index contributed by atoms with van der Waals surface area (Å²) in [7, 11) is -4.05. The first kappa shape index (κ1) is 16.5. The van der Waals surface area contributed by atoms with Gasteiger partial charge < -0.3 is 0 Å². The van der Waals surface area contributed by atoms with E-state index < -0.39 is 20.6 Å². The topological polar surface area (TPSA) is 57.9 Å². The minimum atomic E-state index is -4.05. The molecule has 2 aromatic rings. The van der Waals surface area contributed by atoms with Crippen LogP contribution in [-0.2, 0) is 9.84 Å². The molecule has 0 N–H and O–H groups in total. The Morgan fingerprint density at radius 1 is 1.14 bits per heavy atom. The van der Waals surface area contributed by atoms with E-state index in [4.69, 9.17) is 28.5 Å². The molecular formula is C15H8Cl2FNO2S. The number of sulfone groups is 1. The van der Waals surface area contributed by atoms with Gasteiger partial charge in [-0.1, -0.05) is 29.3 Å². The first-order chi connectivity index (χ1) is 10.3. The molecule has 0 atom stereocenters. The Bertz CT molecular complexity index is 885. The molecular weight excluding hydrogens is 348 g/mol. The fourth-order valence-electron chi connectivity index (χ4n) is 1.67. The van der Waals surface area contributed by atoms with Crippen LogP contribution in [0.2, 0.25) is 10.0 Å². The van der Waals surface area contributed by atoms with Crippen molar-refractivity contribution in [2.75, 3.05) is 0 Å². The van der Waals surface area contributed by atoms with Gasteiger partial charge in [-0.25, -0.2) is 12.8 Å². The zero-order chi connectivity index (χ0) is 16.3. The largest absolute Gasteiger partial charge is 0.218 e. The van der Waals surface area contributed by atoms with E-state index in [1.54, 1.807) is 6.07 Å². The summed E-state index contributed by atoms with van der Waals surface area (Å²) in [5, 5.41) is 9.75. The van der Waals surface area contributed by atoms with E-state index in [1.165, 1.54) is 18.2 Å². The van der Waals surface area contributed by atoms with Gasteiger partial charge in [0.1, 0.15) is 16.8 Å². The summed E-state index contributed by atoms with van der Waals surface area (Å²) < 4.78 is 37.6. The minimum absolute atomic E-state index is 0.174. The Morgan fingerprint density at radius 3 is 2.32 bits per heavy atom. The molecule has 2 aromatic carbocycles. The quantitative estimate of drug-likeness (QED) is 0.602. The number of rotatable bonds is 3. The van der Waals surface area contributed by atoms with Crippen molar-refractivity contribution >= 4 is 39.1 Å². The summed E-state index contributed by atoms with van der Waals surface area (Å²) in [4.78, 5) is -0.671. The minimum Gasteiger partial charge on any atom is -0.218 e. The Hall–Kier alpha value is -1.87. The van der Waals surface area contributed by atoms with Crippen molar-refractivity contribution in [3.05, 3.63) is 68.8 Å². The van der Waals surface area contributed by atoms with E-state index in [9.17, 15) is 12.8 Å². The highest BCUT2D eigenvalue weighted by atomic mass is 35.5. The average Bonchev–Trinajstić information content (AvgIpc) is 2.46. The van der Waals surface area contributed by atoms with Gasteiger partial charge in [0.25, 0.3) is 0 Å². The zero-order valence-electron chi connectivity index (χ0n) is 10.9. The van der Waals surface area contributed by atoms with Crippen LogP contribution < -0.4 is 0 Å². The normalized spacial score (nSPS) is 12.0. The van der Waals surface area contributed by atoms with Crippen LogP contribution in [0.25, 0.3) is 6.08 Å². The van der Waals surface area contributed by atoms with Crippen LogP contribution in [0.5, 0.6) is 0 Å². The van der Waals surface area contributed by atoms with Gasteiger partial charge in [0.2, 0.25) is 9.84 Å². The molecule has 0 bridgehead atoms. The maximum Gasteiger partial charge on any atom is 0.216 e. The molecule has 0 radical (unpaired) electrons. The molecule has 0 heterocycles. The number of halogens is 3. The van der Waals surface area contributed by atoms with E-state index in [2.05, 4.69) is 0 Å². The van der Waals surface area contributed by atoms with Crippen molar-refractivity contribution in [1.29, 1.82) is 5.26 Å². The Kier molecular flexibility index (Phi) is 4.87. The lowest BCUT2D eigenvalue weighted by Crippen LogP contribution is -2.03. The fraction of sp³-hybridized carbons (Fsp3) is 0. The van der Waals surface area contributed by atoms with Crippen LogP contribution in [0.1, 0.15) is 5.56 Å². The summed E-state index contributed by atoms with van der Waals surface area (Å²) in [5.74, 6) is -0.567. The van der Waals surface area contributed by atoms with Crippen molar-refractivity contribution < 1.29 is 12.8 Å². The monoisotopic (exact) mass is 355 g/mol. The molecule has 0 aliphatic heterocycles. The third kappa shape index (κ3) is 3.47. The number of benzene rings is 2. The predicted octanol–water partition coefficient (Wildman–Crippen LogP) is 4.47. The highest BCUT2D eigenvalue weighted by Crippen LogP contribution is 2.26. The second kappa shape index (κ2) is 6.49. The van der Waals surface area contributed by atoms with E-state index >= 15 is 0 Å². The van der Waals surface area contributed by atoms with Crippen molar-refractivity contribution in [3.8, 4) is 6.07 Å². The number of hydrogen-bond donors (Lipinski definition) is 0. The number of nitriles is 1. The van der Waals surface area contributed by atoms with Crippen LogP contribution in [0.3, 0.4) is 0 Å². The van der Waals surface area contributed by atoms with Crippen LogP contribution >= 0.6 is 23.2 Å². The molecule has 112 valence electrons. The standard InChI is InChI=1S/C15H8Cl2FNO2S/c16-11-2-1-10(15(17)8-11)7-14(9-19)22(20,21)13-5-3-12(18)4-6-13/h1-8H. The average molecular weight is 356 g/mol. The van der Waals surface area contributed by atoms with E-state index in [0.717, 1.165) is 30.3 Å². The smallest absolute Gasteiger partial charge is 0.216 e. The molecule has 0 unspecified atom stereocenters. The lowest BCUT2D eigenvalue weighted by atomic mass is 10.2. The molecule has 0 aromatic heterocycles. The predicted molar refractivity (Wildman–Crippen MR) is 83.6 cm³/mol. The molecule has 22 heavy (non-hydrogen) atoms. The summed E-state index contributed by atoms with van der Waals surface area (Å²) in [6.45, 7) is 0. The summed E-state index contributed by atoms with van der Waals surface area (Å²) >= 11 is 11.7. The van der Waals surface area contributed by atoms with E-state index in [-0.39, 0.29) is 9.92 Å². The maximum absolute atomic E-state index is 12.9. The highest BCUT2D eigenvalue weighted by molar-refractivity contribution is 7.95. The van der Waals surface area contributed by atoms with Crippen molar-refractivity contribution in [3.63, 3.8) is 0 Å². The SMILES string of the molecule is N#CC(=Cc1ccc(Cl)cc1Cl)S(=O)(=O)c1ccc(F)cc1. The zero-order valence-corrected chi connectivity index (χ0v) is 13.3. The Balaban J connectivity index is 2.53. The van der Waals surface area contributed by atoms with Crippen LogP contribution in [0.4, 0.5) is 4.39 Å². The van der Waals surface area contributed by atoms with E-state index in [1.807, 2.05) is 0 Å². The van der Waals surface area contributed by atoms with Crippen molar-refractivity contribution in [1.82, 2.24) is 0 Å². The molecule has 7 heteroatoms. The van der Waals surface area contributed by atoms with Crippen LogP contribution in [-0.4, -0.2) is 8.42 Å². The Labute approximate surface area is 137 Å². The van der Waals surface area contributed by atoms with Crippen molar-refractivity contribution in [2.45, 2.75) is 4.90 Å². The van der Waals surface area contributed by atoms with Gasteiger partial charge in [0.05, 0.1) is 4.90 Å². The van der Waals surface area contributed by atoms with Gasteiger partial charge >= 0.3 is 0 Å². The Morgan fingerprint density at radius 2 is 1.77 bits per heavy atom. The maximum atomic E-state index is 12.9. The van der Waals surface area contributed by atoms with Gasteiger partial charge in [0, 0.05) is 10.0 Å². The number of allylic oxidation sites excluding steroid dienone is 1. The third-order valence-corrected chi connectivity index (χ3v) is 5.02. The molecule has 0 spiro atoms. The summed E-state index contributed by atoms with van der Waals surface area (Å²) in [5.41, 5.74) is 0.341. The van der Waals surface area contributed by atoms with Gasteiger partial charge in [-0.2, -0.15) is 5.26 Å². The molecule has 2 rings (SSSR count). The molecule has 0 aliphatic carbocycles. The summed E-state index contributed by atoms with van der Waals surface area (Å²) in [6.07, 6.45) is 1.15. The van der Waals surface area contributed by atoms with E-state index in [0.29, 0.717) is 10.6 Å². The lowest BCUT2D eigenvalue weighted by Gasteiger charge is -2.04. The molecule has 0 saturated heterocycles. The lowest BCUT2D eigenvalue weighted by molar-refractivity contribution is 0.601. The summed E-state index contributed by atoms with van der Waals surface area (Å²) in [6, 6.07) is 10.3. The third-order valence-electron chi connectivity index (χ3n) is 2.77. The fourth-order valence-corrected chi connectivity index (χ4v) is 3.28. The second-order valence-electron chi connectivity index (χ2n) is 4.24.